The third kappa shape index (κ3) is 4.37. The summed E-state index contributed by atoms with van der Waals surface area (Å²) >= 11 is 0. The van der Waals surface area contributed by atoms with Crippen molar-refractivity contribution < 1.29 is 19.1 Å². The highest BCUT2D eigenvalue weighted by Gasteiger charge is 2.28. The smallest absolute Gasteiger partial charge is 0.337 e. The van der Waals surface area contributed by atoms with Crippen molar-refractivity contribution in [3.63, 3.8) is 0 Å². The zero-order valence-corrected chi connectivity index (χ0v) is 15.6. The number of ether oxygens (including phenoxy) is 2. The van der Waals surface area contributed by atoms with Gasteiger partial charge in [-0.1, -0.05) is 24.3 Å². The van der Waals surface area contributed by atoms with Crippen LogP contribution in [0, 0.1) is 0 Å². The molecule has 1 heterocycles. The van der Waals surface area contributed by atoms with Gasteiger partial charge in [-0.2, -0.15) is 0 Å². The van der Waals surface area contributed by atoms with Crippen molar-refractivity contribution in [3.05, 3.63) is 71.3 Å². The Kier molecular flexibility index (Phi) is 5.91. The van der Waals surface area contributed by atoms with E-state index >= 15 is 0 Å². The second-order valence-electron chi connectivity index (χ2n) is 6.41. The molecule has 0 spiro atoms. The number of benzene rings is 2. The standard InChI is InChI=1S/C22H23NO4/c1-26-19-12-10-17(11-13-19)20-4-3-15-23(20)21(24)14-7-16-5-8-18(9-6-16)22(25)27-2/h5-14,20H,3-4,15H2,1-2H3/b14-7+. The average Bonchev–Trinajstić information content (AvgIpc) is 3.22. The second kappa shape index (κ2) is 8.54. The Labute approximate surface area is 159 Å². The molecule has 0 N–H and O–H groups in total. The van der Waals surface area contributed by atoms with Crippen LogP contribution >= 0.6 is 0 Å². The first kappa shape index (κ1) is 18.7. The van der Waals surface area contributed by atoms with Crippen molar-refractivity contribution in [2.24, 2.45) is 0 Å². The molecule has 5 nitrogen and oxygen atoms in total. The summed E-state index contributed by atoms with van der Waals surface area (Å²) in [7, 11) is 2.99. The van der Waals surface area contributed by atoms with Crippen molar-refractivity contribution in [2.45, 2.75) is 18.9 Å². The number of carbonyl (C=O) groups excluding carboxylic acids is 2. The van der Waals surface area contributed by atoms with Crippen molar-refractivity contribution >= 4 is 18.0 Å². The summed E-state index contributed by atoms with van der Waals surface area (Å²) in [5.41, 5.74) is 2.47. The summed E-state index contributed by atoms with van der Waals surface area (Å²) in [5, 5.41) is 0. The Morgan fingerprint density at radius 2 is 1.74 bits per heavy atom. The zero-order valence-electron chi connectivity index (χ0n) is 15.6. The van der Waals surface area contributed by atoms with Crippen molar-refractivity contribution in [3.8, 4) is 5.75 Å². The molecule has 1 unspecified atom stereocenters. The SMILES string of the molecule is COC(=O)c1ccc(/C=C/C(=O)N2CCCC2c2ccc(OC)cc2)cc1. The molecule has 1 fully saturated rings. The van der Waals surface area contributed by atoms with Gasteiger partial charge >= 0.3 is 5.97 Å². The third-order valence-electron chi connectivity index (χ3n) is 4.79. The molecule has 0 bridgehead atoms. The number of hydrogen-bond acceptors (Lipinski definition) is 4. The molecule has 2 aromatic carbocycles. The van der Waals surface area contributed by atoms with Gasteiger partial charge in [-0.25, -0.2) is 4.79 Å². The van der Waals surface area contributed by atoms with E-state index in [9.17, 15) is 9.59 Å². The maximum Gasteiger partial charge on any atom is 0.337 e. The Bertz CT molecular complexity index is 824. The lowest BCUT2D eigenvalue weighted by atomic mass is 10.0. The highest BCUT2D eigenvalue weighted by molar-refractivity contribution is 5.93. The van der Waals surface area contributed by atoms with Crippen molar-refractivity contribution in [2.75, 3.05) is 20.8 Å². The Morgan fingerprint density at radius 3 is 2.37 bits per heavy atom. The second-order valence-corrected chi connectivity index (χ2v) is 6.41. The predicted octanol–water partition coefficient (Wildman–Crippen LogP) is 3.86. The van der Waals surface area contributed by atoms with Crippen LogP contribution in [0.15, 0.2) is 54.6 Å². The largest absolute Gasteiger partial charge is 0.497 e. The number of hydrogen-bond donors (Lipinski definition) is 0. The molecule has 5 heteroatoms. The molecule has 1 amide bonds. The zero-order chi connectivity index (χ0) is 19.2. The molecule has 1 aliphatic heterocycles. The van der Waals surface area contributed by atoms with Crippen LogP contribution in [-0.2, 0) is 9.53 Å². The first-order valence-electron chi connectivity index (χ1n) is 8.93. The quantitative estimate of drug-likeness (QED) is 0.596. The number of carbonyl (C=O) groups is 2. The molecular formula is C22H23NO4. The predicted molar refractivity (Wildman–Crippen MR) is 103 cm³/mol. The average molecular weight is 365 g/mol. The number of likely N-dealkylation sites (tertiary alicyclic amines) is 1. The van der Waals surface area contributed by atoms with Gasteiger partial charge in [-0.3, -0.25) is 4.79 Å². The van der Waals surface area contributed by atoms with Crippen LogP contribution in [0.2, 0.25) is 0 Å². The van der Waals surface area contributed by atoms with Gasteiger partial charge in [-0.05, 0) is 54.3 Å². The Hall–Kier alpha value is -3.08. The van der Waals surface area contributed by atoms with Crippen molar-refractivity contribution in [1.82, 2.24) is 4.90 Å². The fourth-order valence-electron chi connectivity index (χ4n) is 3.31. The minimum absolute atomic E-state index is 0.00892. The van der Waals surface area contributed by atoms with Gasteiger partial charge in [-0.15, -0.1) is 0 Å². The van der Waals surface area contributed by atoms with E-state index in [4.69, 9.17) is 4.74 Å². The van der Waals surface area contributed by atoms with Gasteiger partial charge in [0.25, 0.3) is 0 Å². The lowest BCUT2D eigenvalue weighted by Crippen LogP contribution is -2.28. The Balaban J connectivity index is 1.68. The van der Waals surface area contributed by atoms with E-state index in [1.165, 1.54) is 7.11 Å². The van der Waals surface area contributed by atoms with Gasteiger partial charge in [0, 0.05) is 12.6 Å². The lowest BCUT2D eigenvalue weighted by Gasteiger charge is -2.24. The number of amides is 1. The van der Waals surface area contributed by atoms with Gasteiger partial charge in [0.05, 0.1) is 25.8 Å². The van der Waals surface area contributed by atoms with Gasteiger partial charge < -0.3 is 14.4 Å². The number of methoxy groups -OCH3 is 2. The fourth-order valence-corrected chi connectivity index (χ4v) is 3.31. The van der Waals surface area contributed by atoms with E-state index in [1.807, 2.05) is 29.2 Å². The minimum Gasteiger partial charge on any atom is -0.497 e. The summed E-state index contributed by atoms with van der Waals surface area (Å²) in [5.74, 6) is 0.427. The number of esters is 1. The Morgan fingerprint density at radius 1 is 1.04 bits per heavy atom. The fraction of sp³-hybridized carbons (Fsp3) is 0.273. The van der Waals surface area contributed by atoms with E-state index in [2.05, 4.69) is 4.74 Å². The van der Waals surface area contributed by atoms with Gasteiger partial charge in [0.1, 0.15) is 5.75 Å². The van der Waals surface area contributed by atoms with E-state index in [-0.39, 0.29) is 17.9 Å². The van der Waals surface area contributed by atoms with Crippen LogP contribution in [0.25, 0.3) is 6.08 Å². The molecular weight excluding hydrogens is 342 g/mol. The first-order chi connectivity index (χ1) is 13.1. The molecule has 0 aromatic heterocycles. The van der Waals surface area contributed by atoms with E-state index in [0.29, 0.717) is 5.56 Å². The van der Waals surface area contributed by atoms with Crippen LogP contribution in [0.1, 0.15) is 40.4 Å². The maximum atomic E-state index is 12.7. The van der Waals surface area contributed by atoms with Crippen LogP contribution in [-0.4, -0.2) is 37.5 Å². The van der Waals surface area contributed by atoms with Crippen molar-refractivity contribution in [1.29, 1.82) is 0 Å². The molecule has 0 aliphatic carbocycles. The molecule has 2 aromatic rings. The van der Waals surface area contributed by atoms with E-state index < -0.39 is 0 Å². The van der Waals surface area contributed by atoms with Crippen LogP contribution < -0.4 is 4.74 Å². The molecule has 27 heavy (non-hydrogen) atoms. The van der Waals surface area contributed by atoms with Crippen LogP contribution in [0.5, 0.6) is 5.75 Å². The molecule has 1 atom stereocenters. The normalized spacial score (nSPS) is 16.5. The first-order valence-corrected chi connectivity index (χ1v) is 8.93. The monoisotopic (exact) mass is 365 g/mol. The summed E-state index contributed by atoms with van der Waals surface area (Å²) in [6.07, 6.45) is 5.31. The summed E-state index contributed by atoms with van der Waals surface area (Å²) in [6.45, 7) is 0.751. The molecule has 0 radical (unpaired) electrons. The van der Waals surface area contributed by atoms with E-state index in [1.54, 1.807) is 43.5 Å². The minimum atomic E-state index is -0.374. The highest BCUT2D eigenvalue weighted by Crippen LogP contribution is 2.33. The number of rotatable bonds is 5. The highest BCUT2D eigenvalue weighted by atomic mass is 16.5. The molecule has 1 aliphatic rings. The van der Waals surface area contributed by atoms with Crippen LogP contribution in [0.3, 0.4) is 0 Å². The molecule has 3 rings (SSSR count). The summed E-state index contributed by atoms with van der Waals surface area (Å²) in [6, 6.07) is 14.9. The maximum absolute atomic E-state index is 12.7. The topological polar surface area (TPSA) is 55.8 Å². The third-order valence-corrected chi connectivity index (χ3v) is 4.79. The van der Waals surface area contributed by atoms with Gasteiger partial charge in [0.2, 0.25) is 5.91 Å². The summed E-state index contributed by atoms with van der Waals surface area (Å²) < 4.78 is 9.89. The molecule has 1 saturated heterocycles. The number of nitrogens with zero attached hydrogens (tertiary/aromatic N) is 1. The van der Waals surface area contributed by atoms with Crippen LogP contribution in [0.4, 0.5) is 0 Å². The lowest BCUT2D eigenvalue weighted by molar-refractivity contribution is -0.126. The van der Waals surface area contributed by atoms with E-state index in [0.717, 1.165) is 36.3 Å². The molecule has 0 saturated carbocycles. The molecule has 140 valence electrons. The van der Waals surface area contributed by atoms with Gasteiger partial charge in [0.15, 0.2) is 0 Å². The summed E-state index contributed by atoms with van der Waals surface area (Å²) in [4.78, 5) is 26.1.